The van der Waals surface area contributed by atoms with E-state index in [1.165, 1.54) is 49.1 Å². The minimum Gasteiger partial charge on any atom is -0.299 e. The number of hydrogen-bond donors (Lipinski definition) is 0. The molecule has 1 saturated heterocycles. The quantitative estimate of drug-likeness (QED) is 0.758. The smallest absolute Gasteiger partial charge is 0.0193 e. The summed E-state index contributed by atoms with van der Waals surface area (Å²) in [5, 5.41) is 0. The fourth-order valence-electron chi connectivity index (χ4n) is 2.88. The lowest BCUT2D eigenvalue weighted by Crippen LogP contribution is -2.30. The van der Waals surface area contributed by atoms with Crippen LogP contribution in [0.3, 0.4) is 0 Å². The Morgan fingerprint density at radius 1 is 1.05 bits per heavy atom. The third-order valence-electron chi connectivity index (χ3n) is 4.11. The molecule has 1 nitrogen and oxygen atoms in total. The molecule has 0 spiro atoms. The molecule has 0 aromatic heterocycles. The predicted octanol–water partition coefficient (Wildman–Crippen LogP) is 4.87. The van der Waals surface area contributed by atoms with Crippen molar-refractivity contribution in [3.63, 3.8) is 0 Å². The summed E-state index contributed by atoms with van der Waals surface area (Å²) in [5.41, 5.74) is 4.44. The van der Waals surface area contributed by atoms with E-state index < -0.39 is 0 Å². The van der Waals surface area contributed by atoms with E-state index in [9.17, 15) is 0 Å². The Labute approximate surface area is 124 Å². The van der Waals surface area contributed by atoms with Crippen LogP contribution in [0, 0.1) is 0 Å². The molecule has 1 aliphatic heterocycles. The van der Waals surface area contributed by atoms with Gasteiger partial charge in [0.05, 0.1) is 0 Å². The van der Waals surface area contributed by atoms with E-state index in [0.717, 1.165) is 6.54 Å². The molecule has 1 aromatic rings. The van der Waals surface area contributed by atoms with Gasteiger partial charge in [-0.2, -0.15) is 0 Å². The molecule has 1 aromatic carbocycles. The highest BCUT2D eigenvalue weighted by atomic mass is 15.1. The standard InChI is InChI=1S/C19H29N/c1-16(15-20-12-6-5-7-13-20)14-17-8-10-18(11-9-17)19(2,3)4/h8-11,14H,5-7,12-13,15H2,1-4H3/b16-14+. The molecule has 2 rings (SSSR count). The number of rotatable bonds is 3. The molecule has 0 atom stereocenters. The van der Waals surface area contributed by atoms with Gasteiger partial charge < -0.3 is 0 Å². The monoisotopic (exact) mass is 271 g/mol. The molecule has 20 heavy (non-hydrogen) atoms. The van der Waals surface area contributed by atoms with Gasteiger partial charge in [-0.3, -0.25) is 4.90 Å². The minimum atomic E-state index is 0.241. The van der Waals surface area contributed by atoms with Gasteiger partial charge in [-0.15, -0.1) is 0 Å². The van der Waals surface area contributed by atoms with E-state index in [-0.39, 0.29) is 5.41 Å². The Balaban J connectivity index is 1.98. The first-order valence-electron chi connectivity index (χ1n) is 7.95. The van der Waals surface area contributed by atoms with Crippen LogP contribution in [-0.2, 0) is 5.41 Å². The van der Waals surface area contributed by atoms with Gasteiger partial charge in [0.15, 0.2) is 0 Å². The van der Waals surface area contributed by atoms with Gasteiger partial charge in [-0.25, -0.2) is 0 Å². The Morgan fingerprint density at radius 3 is 2.20 bits per heavy atom. The Morgan fingerprint density at radius 2 is 1.65 bits per heavy atom. The largest absolute Gasteiger partial charge is 0.299 e. The maximum absolute atomic E-state index is 2.58. The molecule has 0 N–H and O–H groups in total. The van der Waals surface area contributed by atoms with Crippen molar-refractivity contribution in [1.82, 2.24) is 4.90 Å². The van der Waals surface area contributed by atoms with Crippen LogP contribution in [0.5, 0.6) is 0 Å². The third-order valence-corrected chi connectivity index (χ3v) is 4.11. The average Bonchev–Trinajstić information content (AvgIpc) is 2.39. The summed E-state index contributed by atoms with van der Waals surface area (Å²) in [5.74, 6) is 0. The van der Waals surface area contributed by atoms with Crippen LogP contribution in [0.15, 0.2) is 29.8 Å². The first kappa shape index (κ1) is 15.3. The van der Waals surface area contributed by atoms with Crippen molar-refractivity contribution in [3.8, 4) is 0 Å². The van der Waals surface area contributed by atoms with Crippen LogP contribution < -0.4 is 0 Å². The van der Waals surface area contributed by atoms with E-state index in [4.69, 9.17) is 0 Å². The van der Waals surface area contributed by atoms with Crippen molar-refractivity contribution in [2.24, 2.45) is 0 Å². The predicted molar refractivity (Wildman–Crippen MR) is 89.1 cm³/mol. The van der Waals surface area contributed by atoms with Gasteiger partial charge >= 0.3 is 0 Å². The van der Waals surface area contributed by atoms with Gasteiger partial charge in [-0.05, 0) is 49.4 Å². The van der Waals surface area contributed by atoms with E-state index >= 15 is 0 Å². The fraction of sp³-hybridized carbons (Fsp3) is 0.579. The van der Waals surface area contributed by atoms with E-state index in [1.54, 1.807) is 0 Å². The van der Waals surface area contributed by atoms with Crippen molar-refractivity contribution in [3.05, 3.63) is 41.0 Å². The molecule has 0 amide bonds. The maximum atomic E-state index is 2.58. The second kappa shape index (κ2) is 6.58. The first-order valence-corrected chi connectivity index (χ1v) is 7.95. The number of likely N-dealkylation sites (tertiary alicyclic amines) is 1. The summed E-state index contributed by atoms with van der Waals surface area (Å²) in [7, 11) is 0. The van der Waals surface area contributed by atoms with Crippen LogP contribution in [-0.4, -0.2) is 24.5 Å². The maximum Gasteiger partial charge on any atom is 0.0193 e. The molecule has 110 valence electrons. The molecule has 0 radical (unpaired) electrons. The van der Waals surface area contributed by atoms with Gasteiger partial charge in [0.25, 0.3) is 0 Å². The van der Waals surface area contributed by atoms with Crippen LogP contribution in [0.4, 0.5) is 0 Å². The van der Waals surface area contributed by atoms with Crippen LogP contribution in [0.1, 0.15) is 58.1 Å². The summed E-state index contributed by atoms with van der Waals surface area (Å²) < 4.78 is 0. The number of piperidine rings is 1. The Kier molecular flexibility index (Phi) is 5.04. The molecule has 0 aliphatic carbocycles. The van der Waals surface area contributed by atoms with Gasteiger partial charge in [0.1, 0.15) is 0 Å². The topological polar surface area (TPSA) is 3.24 Å². The summed E-state index contributed by atoms with van der Waals surface area (Å²) in [6, 6.07) is 9.03. The summed E-state index contributed by atoms with van der Waals surface area (Å²) in [4.78, 5) is 2.58. The molecule has 0 bridgehead atoms. The Hall–Kier alpha value is -1.08. The second-order valence-corrected chi connectivity index (χ2v) is 7.20. The second-order valence-electron chi connectivity index (χ2n) is 7.20. The number of nitrogens with zero attached hydrogens (tertiary/aromatic N) is 1. The molecule has 0 unspecified atom stereocenters. The van der Waals surface area contributed by atoms with Crippen molar-refractivity contribution < 1.29 is 0 Å². The van der Waals surface area contributed by atoms with Crippen molar-refractivity contribution >= 4 is 6.08 Å². The lowest BCUT2D eigenvalue weighted by Gasteiger charge is -2.26. The molecular weight excluding hydrogens is 242 g/mol. The molecule has 1 fully saturated rings. The summed E-state index contributed by atoms with van der Waals surface area (Å²) >= 11 is 0. The van der Waals surface area contributed by atoms with Gasteiger partial charge in [0, 0.05) is 6.54 Å². The zero-order valence-corrected chi connectivity index (χ0v) is 13.6. The summed E-state index contributed by atoms with van der Waals surface area (Å²) in [6.45, 7) is 12.7. The fourth-order valence-corrected chi connectivity index (χ4v) is 2.88. The van der Waals surface area contributed by atoms with Crippen LogP contribution in [0.2, 0.25) is 0 Å². The highest BCUT2D eigenvalue weighted by molar-refractivity contribution is 5.53. The molecule has 1 heteroatoms. The van der Waals surface area contributed by atoms with Crippen LogP contribution >= 0.6 is 0 Å². The van der Waals surface area contributed by atoms with Crippen LogP contribution in [0.25, 0.3) is 6.08 Å². The minimum absolute atomic E-state index is 0.241. The average molecular weight is 271 g/mol. The lowest BCUT2D eigenvalue weighted by atomic mass is 9.86. The SMILES string of the molecule is C/C(=C\c1ccc(C(C)(C)C)cc1)CN1CCCCC1. The zero-order chi connectivity index (χ0) is 14.6. The third kappa shape index (κ3) is 4.49. The molecule has 0 saturated carbocycles. The van der Waals surface area contributed by atoms with Crippen molar-refractivity contribution in [1.29, 1.82) is 0 Å². The van der Waals surface area contributed by atoms with Crippen molar-refractivity contribution in [2.45, 2.75) is 52.4 Å². The molecule has 1 heterocycles. The molecule has 1 aliphatic rings. The lowest BCUT2D eigenvalue weighted by molar-refractivity contribution is 0.247. The first-order chi connectivity index (χ1) is 9.45. The van der Waals surface area contributed by atoms with E-state index in [0.29, 0.717) is 0 Å². The highest BCUT2D eigenvalue weighted by Crippen LogP contribution is 2.23. The zero-order valence-electron chi connectivity index (χ0n) is 13.6. The highest BCUT2D eigenvalue weighted by Gasteiger charge is 2.13. The Bertz CT molecular complexity index is 442. The van der Waals surface area contributed by atoms with E-state index in [1.807, 2.05) is 0 Å². The number of benzene rings is 1. The summed E-state index contributed by atoms with van der Waals surface area (Å²) in [6.07, 6.45) is 6.48. The van der Waals surface area contributed by atoms with Crippen molar-refractivity contribution in [2.75, 3.05) is 19.6 Å². The molecular formula is C19H29N. The van der Waals surface area contributed by atoms with E-state index in [2.05, 4.69) is 62.9 Å². The van der Waals surface area contributed by atoms with Gasteiger partial charge in [0.2, 0.25) is 0 Å². The normalized spacial score (nSPS) is 18.3. The van der Waals surface area contributed by atoms with Gasteiger partial charge in [-0.1, -0.05) is 63.1 Å². The number of hydrogen-bond acceptors (Lipinski definition) is 1.